The standard InChI is InChI=1S/C32H50NO7/c1-24(11-10-12-26(3)34)16-20-29-25(2)23-31(40-32(36)15-8-5-9-22-39-33(37)38)30(29)21-19-28(35)18-17-27-13-6-4-7-14-27/h4,6-7,13-14,16,25,28-31,35,37H,5,8-12,15,17-23H2,1-3H3/q-1/b24-16-/t25?,28-,29-,30+,31+/m0/s1. The first kappa shape index (κ1) is 34.1. The second kappa shape index (κ2) is 19.1. The van der Waals surface area contributed by atoms with E-state index in [0.717, 1.165) is 38.5 Å². The molecule has 1 aromatic carbocycles. The van der Waals surface area contributed by atoms with Crippen molar-refractivity contribution in [2.45, 2.75) is 116 Å². The minimum Gasteiger partial charge on any atom is -0.738 e. The molecule has 5 atom stereocenters. The highest BCUT2D eigenvalue weighted by Gasteiger charge is 2.42. The zero-order valence-electron chi connectivity index (χ0n) is 24.6. The normalized spacial score (nSPS) is 22.0. The van der Waals surface area contributed by atoms with E-state index < -0.39 is 11.5 Å². The number of esters is 1. The molecule has 226 valence electrons. The van der Waals surface area contributed by atoms with Crippen molar-refractivity contribution in [3.63, 3.8) is 0 Å². The van der Waals surface area contributed by atoms with Gasteiger partial charge in [0.25, 0.3) is 0 Å². The average molecular weight is 561 g/mol. The minimum absolute atomic E-state index is 0.104. The molecule has 0 heterocycles. The Kier molecular flexibility index (Phi) is 16.3. The lowest BCUT2D eigenvalue weighted by molar-refractivity contribution is -0.305. The van der Waals surface area contributed by atoms with E-state index >= 15 is 0 Å². The first-order valence-electron chi connectivity index (χ1n) is 15.0. The van der Waals surface area contributed by atoms with Crippen LogP contribution in [0.15, 0.2) is 42.0 Å². The zero-order valence-corrected chi connectivity index (χ0v) is 24.6. The van der Waals surface area contributed by atoms with Crippen LogP contribution in [-0.4, -0.2) is 46.3 Å². The number of allylic oxidation sites excluding steroid dienone is 2. The number of aliphatic hydroxyl groups is 1. The van der Waals surface area contributed by atoms with Crippen LogP contribution in [0.25, 0.3) is 0 Å². The summed E-state index contributed by atoms with van der Waals surface area (Å²) in [6, 6.07) is 10.2. The van der Waals surface area contributed by atoms with Crippen molar-refractivity contribution in [2.24, 2.45) is 17.8 Å². The molecule has 1 aromatic rings. The molecular formula is C32H50NO7-. The number of unbranched alkanes of at least 4 members (excludes halogenated alkanes) is 2. The molecule has 0 radical (unpaired) electrons. The SMILES string of the molecule is CC(=O)CCC/C(C)=C\C[C@H]1C(C)C[C@@H](OC(=O)CCCCCON([O-])O)[C@@H]1CC[C@@H](O)CCc1ccccc1. The summed E-state index contributed by atoms with van der Waals surface area (Å²) in [5.41, 5.74) is 2.51. The highest BCUT2D eigenvalue weighted by Crippen LogP contribution is 2.44. The topological polar surface area (TPSA) is 119 Å². The Balaban J connectivity index is 1.93. The molecule has 1 aliphatic carbocycles. The summed E-state index contributed by atoms with van der Waals surface area (Å²) in [6.45, 7) is 6.09. The monoisotopic (exact) mass is 560 g/mol. The van der Waals surface area contributed by atoms with E-state index in [1.807, 2.05) is 18.2 Å². The molecule has 0 aromatic heterocycles. The number of hydrogen-bond donors (Lipinski definition) is 2. The lowest BCUT2D eigenvalue weighted by atomic mass is 9.82. The van der Waals surface area contributed by atoms with E-state index in [2.05, 4.69) is 36.9 Å². The predicted molar refractivity (Wildman–Crippen MR) is 155 cm³/mol. The van der Waals surface area contributed by atoms with Crippen LogP contribution in [0, 0.1) is 23.0 Å². The van der Waals surface area contributed by atoms with Crippen LogP contribution in [0.2, 0.25) is 0 Å². The van der Waals surface area contributed by atoms with Gasteiger partial charge in [-0.25, -0.2) is 0 Å². The molecule has 1 aliphatic rings. The fourth-order valence-corrected chi connectivity index (χ4v) is 5.84. The quantitative estimate of drug-likeness (QED) is 0.0780. The molecule has 8 heteroatoms. The third-order valence-corrected chi connectivity index (χ3v) is 8.15. The van der Waals surface area contributed by atoms with E-state index in [0.29, 0.717) is 56.8 Å². The van der Waals surface area contributed by atoms with Gasteiger partial charge in [0.2, 0.25) is 0 Å². The van der Waals surface area contributed by atoms with Gasteiger partial charge in [-0.1, -0.05) is 55.3 Å². The predicted octanol–water partition coefficient (Wildman–Crippen LogP) is 6.72. The summed E-state index contributed by atoms with van der Waals surface area (Å²) < 4.78 is 6.02. The number of hydrogen-bond acceptors (Lipinski definition) is 8. The van der Waals surface area contributed by atoms with E-state index in [1.165, 1.54) is 11.1 Å². The van der Waals surface area contributed by atoms with Gasteiger partial charge in [-0.2, -0.15) is 0 Å². The van der Waals surface area contributed by atoms with Gasteiger partial charge in [0.05, 0.1) is 12.7 Å². The van der Waals surface area contributed by atoms with Gasteiger partial charge in [-0.3, -0.25) is 9.63 Å². The maximum atomic E-state index is 12.7. The Morgan fingerprint density at radius 3 is 2.50 bits per heavy atom. The van der Waals surface area contributed by atoms with Gasteiger partial charge in [-0.15, -0.1) is 5.39 Å². The van der Waals surface area contributed by atoms with Crippen molar-refractivity contribution in [3.05, 3.63) is 52.8 Å². The van der Waals surface area contributed by atoms with Crippen LogP contribution in [-0.2, 0) is 25.6 Å². The van der Waals surface area contributed by atoms with E-state index in [4.69, 9.17) is 9.94 Å². The Bertz CT molecular complexity index is 889. The maximum absolute atomic E-state index is 12.7. The minimum atomic E-state index is -0.548. The summed E-state index contributed by atoms with van der Waals surface area (Å²) >= 11 is 0. The second-order valence-electron chi connectivity index (χ2n) is 11.5. The van der Waals surface area contributed by atoms with Crippen molar-refractivity contribution in [1.82, 2.24) is 5.39 Å². The number of aliphatic hydroxyl groups excluding tert-OH is 1. The van der Waals surface area contributed by atoms with Crippen LogP contribution in [0.3, 0.4) is 0 Å². The lowest BCUT2D eigenvalue weighted by Gasteiger charge is -2.26. The van der Waals surface area contributed by atoms with Gasteiger partial charge < -0.3 is 25.1 Å². The molecule has 0 bridgehead atoms. The van der Waals surface area contributed by atoms with Crippen LogP contribution < -0.4 is 0 Å². The van der Waals surface area contributed by atoms with Gasteiger partial charge >= 0.3 is 5.97 Å². The summed E-state index contributed by atoms with van der Waals surface area (Å²) in [6.07, 6.45) is 11.1. The smallest absolute Gasteiger partial charge is 0.306 e. The first-order valence-corrected chi connectivity index (χ1v) is 15.0. The van der Waals surface area contributed by atoms with Gasteiger partial charge in [0, 0.05) is 12.8 Å². The number of rotatable bonds is 20. The highest BCUT2D eigenvalue weighted by atomic mass is 17.1. The van der Waals surface area contributed by atoms with Crippen molar-refractivity contribution in [1.29, 1.82) is 0 Å². The largest absolute Gasteiger partial charge is 0.738 e. The Morgan fingerprint density at radius 1 is 1.05 bits per heavy atom. The molecule has 0 amide bonds. The number of carbonyl (C=O) groups excluding carboxylic acids is 2. The summed E-state index contributed by atoms with van der Waals surface area (Å²) in [7, 11) is 0. The number of aryl methyl sites for hydroxylation is 1. The fraction of sp³-hybridized carbons (Fsp3) is 0.688. The fourth-order valence-electron chi connectivity index (χ4n) is 5.84. The van der Waals surface area contributed by atoms with Crippen LogP contribution in [0.1, 0.15) is 103 Å². The summed E-state index contributed by atoms with van der Waals surface area (Å²) in [5, 5.41) is 29.0. The third kappa shape index (κ3) is 14.0. The Labute approximate surface area is 240 Å². The zero-order chi connectivity index (χ0) is 29.3. The molecular weight excluding hydrogens is 510 g/mol. The van der Waals surface area contributed by atoms with E-state index in [9.17, 15) is 19.9 Å². The molecule has 1 saturated carbocycles. The van der Waals surface area contributed by atoms with E-state index in [1.54, 1.807) is 6.92 Å². The van der Waals surface area contributed by atoms with E-state index in [-0.39, 0.29) is 30.4 Å². The van der Waals surface area contributed by atoms with Gasteiger partial charge in [0.15, 0.2) is 0 Å². The molecule has 0 saturated heterocycles. The summed E-state index contributed by atoms with van der Waals surface area (Å²) in [5.74, 6) is 0.966. The number of benzene rings is 1. The molecule has 0 aliphatic heterocycles. The molecule has 40 heavy (non-hydrogen) atoms. The van der Waals surface area contributed by atoms with Crippen LogP contribution >= 0.6 is 0 Å². The third-order valence-electron chi connectivity index (χ3n) is 8.15. The van der Waals surface area contributed by atoms with Gasteiger partial charge in [-0.05, 0) is 101 Å². The second-order valence-corrected chi connectivity index (χ2v) is 11.5. The number of ketones is 1. The number of nitrogens with zero attached hydrogens (tertiary/aromatic N) is 1. The first-order chi connectivity index (χ1) is 19.2. The number of Topliss-reactive ketones (excluding diaryl/α,β-unsaturated/α-hetero) is 1. The average Bonchev–Trinajstić information content (AvgIpc) is 3.20. The number of ether oxygens (including phenoxy) is 1. The number of carbonyl (C=O) groups is 2. The Morgan fingerprint density at radius 2 is 1.80 bits per heavy atom. The van der Waals surface area contributed by atoms with Crippen molar-refractivity contribution < 1.29 is 29.5 Å². The highest BCUT2D eigenvalue weighted by molar-refractivity contribution is 5.75. The Hall–Kier alpha value is -2.10. The molecule has 2 rings (SSSR count). The molecule has 8 nitrogen and oxygen atoms in total. The van der Waals surface area contributed by atoms with Crippen LogP contribution in [0.4, 0.5) is 0 Å². The maximum Gasteiger partial charge on any atom is 0.306 e. The molecule has 1 unspecified atom stereocenters. The molecule has 2 N–H and O–H groups in total. The van der Waals surface area contributed by atoms with Crippen LogP contribution in [0.5, 0.6) is 0 Å². The molecule has 1 fully saturated rings. The lowest BCUT2D eigenvalue weighted by Crippen LogP contribution is -2.27. The van der Waals surface area contributed by atoms with Crippen molar-refractivity contribution >= 4 is 11.8 Å². The molecule has 0 spiro atoms. The van der Waals surface area contributed by atoms with Gasteiger partial charge in [0.1, 0.15) is 11.9 Å². The summed E-state index contributed by atoms with van der Waals surface area (Å²) in [4.78, 5) is 28.4. The van der Waals surface area contributed by atoms with Crippen molar-refractivity contribution in [3.8, 4) is 0 Å². The van der Waals surface area contributed by atoms with Crippen molar-refractivity contribution in [2.75, 3.05) is 6.61 Å².